The van der Waals surface area contributed by atoms with Crippen LogP contribution in [0.4, 0.5) is 5.69 Å². The van der Waals surface area contributed by atoms with Crippen LogP contribution in [0.3, 0.4) is 0 Å². The molecule has 3 aromatic carbocycles. The van der Waals surface area contributed by atoms with Gasteiger partial charge < -0.3 is 4.42 Å². The lowest BCUT2D eigenvalue weighted by atomic mass is 9.87. The van der Waals surface area contributed by atoms with E-state index in [1.807, 2.05) is 42.5 Å². The zero-order valence-corrected chi connectivity index (χ0v) is 18.9. The molecular formula is C26H27NO3S. The van der Waals surface area contributed by atoms with Crippen molar-refractivity contribution in [3.63, 3.8) is 0 Å². The normalized spacial score (nSPS) is 16.7. The molecule has 1 aliphatic rings. The highest BCUT2D eigenvalue weighted by molar-refractivity contribution is 7.92. The van der Waals surface area contributed by atoms with E-state index in [4.69, 9.17) is 4.42 Å². The van der Waals surface area contributed by atoms with E-state index in [1.54, 1.807) is 12.1 Å². The van der Waals surface area contributed by atoms with E-state index in [9.17, 15) is 8.42 Å². The molecule has 0 radical (unpaired) electrons. The average Bonchev–Trinajstić information content (AvgIpc) is 3.12. The van der Waals surface area contributed by atoms with Gasteiger partial charge in [0.2, 0.25) is 0 Å². The molecule has 4 nitrogen and oxygen atoms in total. The van der Waals surface area contributed by atoms with Crippen LogP contribution in [0.5, 0.6) is 0 Å². The summed E-state index contributed by atoms with van der Waals surface area (Å²) in [6.45, 7) is 6.44. The maximum Gasteiger partial charge on any atom is 0.261 e. The van der Waals surface area contributed by atoms with Crippen molar-refractivity contribution in [2.45, 2.75) is 50.8 Å². The molecule has 1 aliphatic carbocycles. The lowest BCUT2D eigenvalue weighted by molar-refractivity contribution is 0.439. The van der Waals surface area contributed by atoms with E-state index >= 15 is 0 Å². The monoisotopic (exact) mass is 433 g/mol. The first-order valence-corrected chi connectivity index (χ1v) is 12.4. The highest BCUT2D eigenvalue weighted by Gasteiger charge is 2.25. The summed E-state index contributed by atoms with van der Waals surface area (Å²) >= 11 is 0. The molecule has 1 N–H and O–H groups in total. The zero-order valence-electron chi connectivity index (χ0n) is 18.1. The summed E-state index contributed by atoms with van der Waals surface area (Å²) in [6.07, 6.45) is 3.02. The number of fused-ring (bicyclic) bond motifs is 5. The lowest BCUT2D eigenvalue weighted by Gasteiger charge is -2.17. The van der Waals surface area contributed by atoms with Gasteiger partial charge in [0.1, 0.15) is 11.3 Å². The van der Waals surface area contributed by atoms with Gasteiger partial charge in [-0.05, 0) is 48.4 Å². The predicted octanol–water partition coefficient (Wildman–Crippen LogP) is 6.64. The summed E-state index contributed by atoms with van der Waals surface area (Å²) in [5, 5.41) is 2.81. The van der Waals surface area contributed by atoms with Crippen molar-refractivity contribution < 1.29 is 12.8 Å². The van der Waals surface area contributed by atoms with Crippen molar-refractivity contribution in [2.24, 2.45) is 5.92 Å². The topological polar surface area (TPSA) is 59.3 Å². The van der Waals surface area contributed by atoms with Crippen LogP contribution in [0.25, 0.3) is 21.7 Å². The molecule has 5 heteroatoms. The van der Waals surface area contributed by atoms with Crippen molar-refractivity contribution in [2.75, 3.05) is 4.72 Å². The van der Waals surface area contributed by atoms with Crippen LogP contribution in [0.15, 0.2) is 63.9 Å². The molecule has 0 spiro atoms. The standard InChI is InChI=1S/C26H27NO3S/c1-16(2)18-9-11-19(12-10-18)31(28,29)27-24-15-23-22-14-17(3)8-13-25(22)30-26(23)21-7-5-4-6-20(21)24/h4-7,9-12,15-17,27H,8,13-14H2,1-3H3. The maximum atomic E-state index is 13.2. The fraction of sp³-hybridized carbons (Fsp3) is 0.308. The van der Waals surface area contributed by atoms with E-state index in [2.05, 4.69) is 25.5 Å². The minimum atomic E-state index is -3.71. The second-order valence-electron chi connectivity index (χ2n) is 9.03. The van der Waals surface area contributed by atoms with Crippen molar-refractivity contribution in [3.05, 3.63) is 71.5 Å². The Hall–Kier alpha value is -2.79. The van der Waals surface area contributed by atoms with Gasteiger partial charge in [-0.3, -0.25) is 4.72 Å². The summed E-state index contributed by atoms with van der Waals surface area (Å²) in [6, 6.07) is 16.9. The Labute approximate surface area is 183 Å². The van der Waals surface area contributed by atoms with Gasteiger partial charge >= 0.3 is 0 Å². The van der Waals surface area contributed by atoms with Crippen molar-refractivity contribution in [1.29, 1.82) is 0 Å². The average molecular weight is 434 g/mol. The summed E-state index contributed by atoms with van der Waals surface area (Å²) in [5.74, 6) is 1.99. The summed E-state index contributed by atoms with van der Waals surface area (Å²) in [5.41, 5.74) is 3.79. The highest BCUT2D eigenvalue weighted by Crippen LogP contribution is 2.40. The van der Waals surface area contributed by atoms with Crippen LogP contribution in [-0.2, 0) is 22.9 Å². The fourth-order valence-electron chi connectivity index (χ4n) is 4.59. The minimum Gasteiger partial charge on any atom is -0.460 e. The number of benzene rings is 3. The molecule has 4 aromatic rings. The summed E-state index contributed by atoms with van der Waals surface area (Å²) < 4.78 is 35.6. The van der Waals surface area contributed by atoms with Gasteiger partial charge in [-0.25, -0.2) is 8.42 Å². The molecule has 0 saturated heterocycles. The molecule has 1 aromatic heterocycles. The number of hydrogen-bond donors (Lipinski definition) is 1. The molecular weight excluding hydrogens is 406 g/mol. The van der Waals surface area contributed by atoms with Gasteiger partial charge in [-0.1, -0.05) is 57.2 Å². The van der Waals surface area contributed by atoms with Gasteiger partial charge in [0, 0.05) is 28.1 Å². The smallest absolute Gasteiger partial charge is 0.261 e. The largest absolute Gasteiger partial charge is 0.460 e. The molecule has 0 bridgehead atoms. The van der Waals surface area contributed by atoms with Crippen LogP contribution in [0.1, 0.15) is 50.0 Å². The van der Waals surface area contributed by atoms with Crippen LogP contribution < -0.4 is 4.72 Å². The number of anilines is 1. The number of hydrogen-bond acceptors (Lipinski definition) is 3. The van der Waals surface area contributed by atoms with Crippen molar-refractivity contribution >= 4 is 37.5 Å². The molecule has 0 aliphatic heterocycles. The number of rotatable bonds is 4. The van der Waals surface area contributed by atoms with Crippen LogP contribution in [-0.4, -0.2) is 8.42 Å². The van der Waals surface area contributed by atoms with Gasteiger partial charge in [0.25, 0.3) is 10.0 Å². The Morgan fingerprint density at radius 2 is 1.71 bits per heavy atom. The first kappa shape index (κ1) is 20.1. The Kier molecular flexibility index (Phi) is 4.82. The molecule has 1 heterocycles. The second kappa shape index (κ2) is 7.41. The van der Waals surface area contributed by atoms with Gasteiger partial charge in [0.05, 0.1) is 10.6 Å². The number of aryl methyl sites for hydroxylation is 1. The minimum absolute atomic E-state index is 0.268. The molecule has 0 fully saturated rings. The second-order valence-corrected chi connectivity index (χ2v) is 10.7. The SMILES string of the molecule is CC1CCc2oc3c(cc(NS(=O)(=O)c4ccc(C(C)C)cc4)c4ccccc43)c2C1. The van der Waals surface area contributed by atoms with Gasteiger partial charge in [-0.2, -0.15) is 0 Å². The van der Waals surface area contributed by atoms with Gasteiger partial charge in [-0.15, -0.1) is 0 Å². The van der Waals surface area contributed by atoms with Crippen molar-refractivity contribution in [3.8, 4) is 0 Å². The molecule has 0 saturated carbocycles. The molecule has 0 amide bonds. The molecule has 5 rings (SSSR count). The van der Waals surface area contributed by atoms with E-state index in [0.717, 1.165) is 52.3 Å². The lowest BCUT2D eigenvalue weighted by Crippen LogP contribution is -2.13. The third-order valence-corrected chi connectivity index (χ3v) is 7.78. The highest BCUT2D eigenvalue weighted by atomic mass is 32.2. The maximum absolute atomic E-state index is 13.2. The molecule has 160 valence electrons. The third kappa shape index (κ3) is 3.51. The quantitative estimate of drug-likeness (QED) is 0.393. The first-order chi connectivity index (χ1) is 14.8. The fourth-order valence-corrected chi connectivity index (χ4v) is 5.66. The van der Waals surface area contributed by atoms with E-state index < -0.39 is 10.0 Å². The van der Waals surface area contributed by atoms with Crippen LogP contribution in [0, 0.1) is 5.92 Å². The Morgan fingerprint density at radius 3 is 2.42 bits per heavy atom. The zero-order chi connectivity index (χ0) is 21.8. The Morgan fingerprint density at radius 1 is 1.00 bits per heavy atom. The molecule has 1 unspecified atom stereocenters. The summed E-state index contributed by atoms with van der Waals surface area (Å²) in [4.78, 5) is 0.268. The Balaban J connectivity index is 1.64. The Bertz CT molecular complexity index is 1380. The third-order valence-electron chi connectivity index (χ3n) is 6.40. The number of nitrogens with one attached hydrogen (secondary N) is 1. The van der Waals surface area contributed by atoms with E-state index in [0.29, 0.717) is 17.5 Å². The first-order valence-electron chi connectivity index (χ1n) is 10.9. The van der Waals surface area contributed by atoms with Crippen LogP contribution >= 0.6 is 0 Å². The number of furan rings is 1. The van der Waals surface area contributed by atoms with Gasteiger partial charge in [0.15, 0.2) is 0 Å². The predicted molar refractivity (Wildman–Crippen MR) is 126 cm³/mol. The van der Waals surface area contributed by atoms with Crippen molar-refractivity contribution in [1.82, 2.24) is 0 Å². The molecule has 31 heavy (non-hydrogen) atoms. The summed E-state index contributed by atoms with van der Waals surface area (Å²) in [7, 11) is -3.71. The molecule has 1 atom stereocenters. The van der Waals surface area contributed by atoms with Crippen LogP contribution in [0.2, 0.25) is 0 Å². The number of sulfonamides is 1. The van der Waals surface area contributed by atoms with E-state index in [1.165, 1.54) is 5.56 Å². The van der Waals surface area contributed by atoms with E-state index in [-0.39, 0.29) is 4.90 Å².